The van der Waals surface area contributed by atoms with Crippen molar-refractivity contribution in [2.24, 2.45) is 0 Å². The molecule has 0 N–H and O–H groups in total. The zero-order valence-corrected chi connectivity index (χ0v) is 15.7. The van der Waals surface area contributed by atoms with E-state index in [9.17, 15) is 14.9 Å². The van der Waals surface area contributed by atoms with E-state index in [4.69, 9.17) is 4.74 Å². The van der Waals surface area contributed by atoms with E-state index in [2.05, 4.69) is 4.98 Å². The van der Waals surface area contributed by atoms with Crippen molar-refractivity contribution in [2.75, 3.05) is 37.7 Å². The highest BCUT2D eigenvalue weighted by Gasteiger charge is 2.21. The van der Waals surface area contributed by atoms with Gasteiger partial charge in [0.05, 0.1) is 11.5 Å². The summed E-state index contributed by atoms with van der Waals surface area (Å²) in [4.78, 5) is 30.6. The van der Waals surface area contributed by atoms with Crippen LogP contribution in [-0.2, 0) is 4.79 Å². The van der Waals surface area contributed by atoms with E-state index < -0.39 is 4.92 Å². The molecular weight excluding hydrogens is 360 g/mol. The SMILES string of the molecule is CCOc1ccc(/C=C/C(=O)N2CCN(c3ccc([N+](=O)[O-])cn3)CC2)cc1. The lowest BCUT2D eigenvalue weighted by molar-refractivity contribution is -0.385. The van der Waals surface area contributed by atoms with E-state index in [0.717, 1.165) is 11.3 Å². The molecule has 0 atom stereocenters. The minimum absolute atomic E-state index is 0.0306. The number of carbonyl (C=O) groups is 1. The summed E-state index contributed by atoms with van der Waals surface area (Å²) >= 11 is 0. The molecular formula is C20H22N4O4. The number of nitrogens with zero attached hydrogens (tertiary/aromatic N) is 4. The van der Waals surface area contributed by atoms with Crippen LogP contribution < -0.4 is 9.64 Å². The number of nitro groups is 1. The summed E-state index contributed by atoms with van der Waals surface area (Å²) in [5.41, 5.74) is 0.905. The first-order chi connectivity index (χ1) is 13.6. The molecule has 3 rings (SSSR count). The maximum atomic E-state index is 12.4. The Kier molecular flexibility index (Phi) is 6.21. The van der Waals surface area contributed by atoms with E-state index >= 15 is 0 Å². The van der Waals surface area contributed by atoms with Crippen LogP contribution in [0.15, 0.2) is 48.7 Å². The summed E-state index contributed by atoms with van der Waals surface area (Å²) in [6.45, 7) is 4.97. The minimum atomic E-state index is -0.468. The molecule has 28 heavy (non-hydrogen) atoms. The maximum absolute atomic E-state index is 12.4. The van der Waals surface area contributed by atoms with Crippen molar-refractivity contribution >= 4 is 23.5 Å². The molecule has 1 amide bonds. The molecule has 0 saturated carbocycles. The van der Waals surface area contributed by atoms with Gasteiger partial charge in [-0.1, -0.05) is 12.1 Å². The molecule has 0 bridgehead atoms. The molecule has 1 aliphatic rings. The Morgan fingerprint density at radius 3 is 2.46 bits per heavy atom. The van der Waals surface area contributed by atoms with Gasteiger partial charge in [-0.2, -0.15) is 0 Å². The fourth-order valence-electron chi connectivity index (χ4n) is 2.94. The number of hydrogen-bond donors (Lipinski definition) is 0. The predicted molar refractivity (Wildman–Crippen MR) is 106 cm³/mol. The van der Waals surface area contributed by atoms with Gasteiger partial charge in [0.15, 0.2) is 0 Å². The largest absolute Gasteiger partial charge is 0.494 e. The molecule has 1 aromatic carbocycles. The van der Waals surface area contributed by atoms with Gasteiger partial charge in [0.25, 0.3) is 5.69 Å². The second-order valence-electron chi connectivity index (χ2n) is 6.28. The number of pyridine rings is 1. The molecule has 2 aromatic rings. The van der Waals surface area contributed by atoms with E-state index in [1.165, 1.54) is 12.3 Å². The van der Waals surface area contributed by atoms with Gasteiger partial charge in [-0.25, -0.2) is 4.98 Å². The number of carbonyl (C=O) groups excluding carboxylic acids is 1. The first kappa shape index (κ1) is 19.3. The summed E-state index contributed by atoms with van der Waals surface area (Å²) in [5, 5.41) is 10.7. The lowest BCUT2D eigenvalue weighted by Gasteiger charge is -2.34. The third kappa shape index (κ3) is 4.85. The second kappa shape index (κ2) is 8.98. The highest BCUT2D eigenvalue weighted by Crippen LogP contribution is 2.18. The van der Waals surface area contributed by atoms with Crippen LogP contribution in [0.3, 0.4) is 0 Å². The van der Waals surface area contributed by atoms with E-state index in [0.29, 0.717) is 38.6 Å². The van der Waals surface area contributed by atoms with Crippen LogP contribution in [0.5, 0.6) is 5.75 Å². The van der Waals surface area contributed by atoms with Crippen molar-refractivity contribution in [2.45, 2.75) is 6.92 Å². The van der Waals surface area contributed by atoms with Gasteiger partial charge >= 0.3 is 0 Å². The van der Waals surface area contributed by atoms with Crippen molar-refractivity contribution in [1.29, 1.82) is 0 Å². The zero-order chi connectivity index (χ0) is 19.9. The highest BCUT2D eigenvalue weighted by atomic mass is 16.6. The predicted octanol–water partition coefficient (Wildman–Crippen LogP) is 2.75. The van der Waals surface area contributed by atoms with Crippen LogP contribution in [0.1, 0.15) is 12.5 Å². The maximum Gasteiger partial charge on any atom is 0.287 e. The van der Waals surface area contributed by atoms with Crippen LogP contribution in [-0.4, -0.2) is 53.5 Å². The number of benzene rings is 1. The highest BCUT2D eigenvalue weighted by molar-refractivity contribution is 5.92. The van der Waals surface area contributed by atoms with E-state index in [-0.39, 0.29) is 11.6 Å². The molecule has 1 aliphatic heterocycles. The molecule has 8 nitrogen and oxygen atoms in total. The van der Waals surface area contributed by atoms with Gasteiger partial charge in [-0.3, -0.25) is 14.9 Å². The Hall–Kier alpha value is -3.42. The summed E-state index contributed by atoms with van der Waals surface area (Å²) in [7, 11) is 0. The molecule has 2 heterocycles. The molecule has 1 fully saturated rings. The fourth-order valence-corrected chi connectivity index (χ4v) is 2.94. The molecule has 0 aliphatic carbocycles. The Balaban J connectivity index is 1.52. The first-order valence-corrected chi connectivity index (χ1v) is 9.12. The summed E-state index contributed by atoms with van der Waals surface area (Å²) < 4.78 is 5.40. The molecule has 0 radical (unpaired) electrons. The van der Waals surface area contributed by atoms with Gasteiger partial charge in [-0.15, -0.1) is 0 Å². The van der Waals surface area contributed by atoms with Crippen molar-refractivity contribution in [3.8, 4) is 5.75 Å². The van der Waals surface area contributed by atoms with Crippen LogP contribution in [0.2, 0.25) is 0 Å². The van der Waals surface area contributed by atoms with Crippen LogP contribution >= 0.6 is 0 Å². The summed E-state index contributed by atoms with van der Waals surface area (Å²) in [6, 6.07) is 10.7. The number of amides is 1. The average Bonchev–Trinajstić information content (AvgIpc) is 2.73. The smallest absolute Gasteiger partial charge is 0.287 e. The van der Waals surface area contributed by atoms with Gasteiger partial charge < -0.3 is 14.5 Å². The monoisotopic (exact) mass is 382 g/mol. The fraction of sp³-hybridized carbons (Fsp3) is 0.300. The summed E-state index contributed by atoms with van der Waals surface area (Å²) in [5.74, 6) is 1.45. The third-order valence-electron chi connectivity index (χ3n) is 4.47. The number of hydrogen-bond acceptors (Lipinski definition) is 6. The quantitative estimate of drug-likeness (QED) is 0.434. The Morgan fingerprint density at radius 1 is 1.18 bits per heavy atom. The van der Waals surface area contributed by atoms with Crippen molar-refractivity contribution in [3.05, 3.63) is 64.3 Å². The Bertz CT molecular complexity index is 842. The lowest BCUT2D eigenvalue weighted by Crippen LogP contribution is -2.48. The first-order valence-electron chi connectivity index (χ1n) is 9.12. The molecule has 1 aromatic heterocycles. The molecule has 8 heteroatoms. The zero-order valence-electron chi connectivity index (χ0n) is 15.7. The lowest BCUT2D eigenvalue weighted by atomic mass is 10.2. The molecule has 1 saturated heterocycles. The van der Waals surface area contributed by atoms with Gasteiger partial charge in [0, 0.05) is 38.3 Å². The topological polar surface area (TPSA) is 88.8 Å². The summed E-state index contributed by atoms with van der Waals surface area (Å²) in [6.07, 6.45) is 4.63. The number of rotatable bonds is 6. The van der Waals surface area contributed by atoms with Crippen LogP contribution in [0.25, 0.3) is 6.08 Å². The third-order valence-corrected chi connectivity index (χ3v) is 4.47. The Morgan fingerprint density at radius 2 is 1.89 bits per heavy atom. The number of anilines is 1. The molecule has 0 unspecified atom stereocenters. The average molecular weight is 382 g/mol. The minimum Gasteiger partial charge on any atom is -0.494 e. The van der Waals surface area contributed by atoms with Crippen molar-refractivity contribution in [1.82, 2.24) is 9.88 Å². The van der Waals surface area contributed by atoms with Crippen LogP contribution in [0.4, 0.5) is 11.5 Å². The van der Waals surface area contributed by atoms with Gasteiger partial charge in [-0.05, 0) is 36.8 Å². The van der Waals surface area contributed by atoms with E-state index in [1.807, 2.05) is 36.1 Å². The van der Waals surface area contributed by atoms with Crippen molar-refractivity contribution < 1.29 is 14.5 Å². The van der Waals surface area contributed by atoms with Crippen molar-refractivity contribution in [3.63, 3.8) is 0 Å². The van der Waals surface area contributed by atoms with Crippen LogP contribution in [0, 0.1) is 10.1 Å². The number of ether oxygens (including phenoxy) is 1. The van der Waals surface area contributed by atoms with Gasteiger partial charge in [0.2, 0.25) is 5.91 Å². The van der Waals surface area contributed by atoms with Gasteiger partial charge in [0.1, 0.15) is 17.8 Å². The second-order valence-corrected chi connectivity index (χ2v) is 6.28. The standard InChI is InChI=1S/C20H22N4O4/c1-2-28-18-7-3-16(4-8-18)5-10-20(25)23-13-11-22(12-14-23)19-9-6-17(15-21-19)24(26)27/h3-10,15H,2,11-14H2,1H3/b10-5+. The molecule has 0 spiro atoms. The number of piperazine rings is 1. The molecule has 146 valence electrons. The van der Waals surface area contributed by atoms with E-state index in [1.54, 1.807) is 23.1 Å². The normalized spacial score (nSPS) is 14.3. The number of aromatic nitrogens is 1. The Labute approximate surface area is 163 Å².